The summed E-state index contributed by atoms with van der Waals surface area (Å²) in [6, 6.07) is 0. The van der Waals surface area contributed by atoms with Crippen molar-refractivity contribution in [3.05, 3.63) is 12.7 Å². The van der Waals surface area contributed by atoms with E-state index in [1.807, 2.05) is 0 Å². The van der Waals surface area contributed by atoms with Crippen LogP contribution in [-0.4, -0.2) is 31.6 Å². The Morgan fingerprint density at radius 2 is 2.11 bits per heavy atom. The van der Waals surface area contributed by atoms with Gasteiger partial charge in [0.1, 0.15) is 0 Å². The second kappa shape index (κ2) is 6.17. The van der Waals surface area contributed by atoms with E-state index in [2.05, 4.69) is 59.2 Å². The lowest BCUT2D eigenvalue weighted by molar-refractivity contribution is -0.160. The minimum Gasteiger partial charge on any atom is -0.386 e. The van der Waals surface area contributed by atoms with Crippen LogP contribution in [0.15, 0.2) is 12.7 Å². The summed E-state index contributed by atoms with van der Waals surface area (Å²) >= 11 is 7.46. The van der Waals surface area contributed by atoms with Gasteiger partial charge in [-0.25, -0.2) is 0 Å². The second-order valence-corrected chi connectivity index (χ2v) is 8.80. The lowest BCUT2D eigenvalue weighted by Crippen LogP contribution is -2.53. The van der Waals surface area contributed by atoms with Gasteiger partial charge < -0.3 is 9.84 Å². The summed E-state index contributed by atoms with van der Waals surface area (Å²) in [4.78, 5) is 0.620. The van der Waals surface area contributed by atoms with Gasteiger partial charge in [0.05, 0.1) is 16.8 Å². The van der Waals surface area contributed by atoms with Crippen molar-refractivity contribution >= 4 is 31.9 Å². The highest BCUT2D eigenvalue weighted by molar-refractivity contribution is 9.09. The predicted molar refractivity (Wildman–Crippen MR) is 88.3 cm³/mol. The van der Waals surface area contributed by atoms with Gasteiger partial charge in [-0.1, -0.05) is 37.9 Å². The molecule has 0 aromatic rings. The molecule has 0 aliphatic carbocycles. The van der Waals surface area contributed by atoms with Crippen molar-refractivity contribution in [2.75, 3.05) is 0 Å². The summed E-state index contributed by atoms with van der Waals surface area (Å²) in [5.74, 6) is 0. The molecule has 4 atom stereocenters. The number of rotatable bonds is 5. The molecule has 0 saturated carbocycles. The largest absolute Gasteiger partial charge is 0.386 e. The molecule has 0 unspecified atom stereocenters. The van der Waals surface area contributed by atoms with Crippen LogP contribution >= 0.6 is 31.9 Å². The molecule has 1 N–H and O–H groups in total. The second-order valence-electron chi connectivity index (χ2n) is 6.59. The Morgan fingerprint density at radius 1 is 1.53 bits per heavy atom. The zero-order valence-corrected chi connectivity index (χ0v) is 15.6. The van der Waals surface area contributed by atoms with Crippen molar-refractivity contribution in [2.24, 2.45) is 0 Å². The molecular weight excluding hydrogens is 372 g/mol. The fraction of sp³-hybridized carbons (Fsp3) is 0.867. The molecule has 0 bridgehead atoms. The molecule has 1 heterocycles. The molecular formula is C15H26Br2O2. The fourth-order valence-electron chi connectivity index (χ4n) is 2.52. The van der Waals surface area contributed by atoms with Gasteiger partial charge in [0.2, 0.25) is 0 Å². The zero-order valence-electron chi connectivity index (χ0n) is 12.4. The van der Waals surface area contributed by atoms with Gasteiger partial charge in [-0.3, -0.25) is 0 Å². The standard InChI is InChI=1S/C15H26Br2O2/c1-6-14(4,18)9-7-12(17)15(5)10-8-11(16)13(2,3)19-15/h6,11-12,18H,1,7-10H2,2-5H3/t11-,12-,14-,15+/m1/s1. The third kappa shape index (κ3) is 4.55. The Kier molecular flexibility index (Phi) is 5.73. The Bertz CT molecular complexity index is 328. The van der Waals surface area contributed by atoms with Crippen molar-refractivity contribution in [2.45, 2.75) is 79.8 Å². The molecule has 19 heavy (non-hydrogen) atoms. The summed E-state index contributed by atoms with van der Waals surface area (Å²) in [6.45, 7) is 11.9. The van der Waals surface area contributed by atoms with Gasteiger partial charge in [-0.05, 0) is 53.4 Å². The first-order chi connectivity index (χ1) is 8.52. The smallest absolute Gasteiger partial charge is 0.0797 e. The van der Waals surface area contributed by atoms with E-state index < -0.39 is 5.60 Å². The molecule has 1 saturated heterocycles. The Hall–Kier alpha value is 0.620. The molecule has 0 aromatic heterocycles. The monoisotopic (exact) mass is 396 g/mol. The number of halogens is 2. The predicted octanol–water partition coefficient (Wildman–Crippen LogP) is 4.58. The Labute approximate surface area is 134 Å². The summed E-state index contributed by atoms with van der Waals surface area (Å²) in [5.41, 5.74) is -1.16. The first-order valence-electron chi connectivity index (χ1n) is 6.87. The molecule has 112 valence electrons. The summed E-state index contributed by atoms with van der Waals surface area (Å²) in [5, 5.41) is 10.0. The Balaban J connectivity index is 2.65. The van der Waals surface area contributed by atoms with Crippen LogP contribution in [0.25, 0.3) is 0 Å². The van der Waals surface area contributed by atoms with E-state index in [0.29, 0.717) is 11.2 Å². The van der Waals surface area contributed by atoms with Gasteiger partial charge in [0.25, 0.3) is 0 Å². The normalized spacial score (nSPS) is 35.4. The average molecular weight is 398 g/mol. The third-order valence-corrected chi connectivity index (χ3v) is 7.14. The molecule has 4 heteroatoms. The van der Waals surface area contributed by atoms with Gasteiger partial charge in [0, 0.05) is 9.65 Å². The van der Waals surface area contributed by atoms with Crippen molar-refractivity contribution < 1.29 is 9.84 Å². The maximum absolute atomic E-state index is 10.0. The molecule has 0 amide bonds. The first kappa shape index (κ1) is 17.7. The van der Waals surface area contributed by atoms with E-state index in [0.717, 1.165) is 19.3 Å². The average Bonchev–Trinajstić information content (AvgIpc) is 2.31. The summed E-state index contributed by atoms with van der Waals surface area (Å²) < 4.78 is 6.33. The van der Waals surface area contributed by atoms with Gasteiger partial charge in [0.15, 0.2) is 0 Å². The maximum Gasteiger partial charge on any atom is 0.0797 e. The van der Waals surface area contributed by atoms with Gasteiger partial charge in [-0.2, -0.15) is 0 Å². The van der Waals surface area contributed by atoms with E-state index in [4.69, 9.17) is 4.74 Å². The maximum atomic E-state index is 10.0. The number of hydrogen-bond acceptors (Lipinski definition) is 2. The minimum absolute atomic E-state index is 0.167. The van der Waals surface area contributed by atoms with Crippen LogP contribution in [-0.2, 0) is 4.74 Å². The van der Waals surface area contributed by atoms with E-state index >= 15 is 0 Å². The first-order valence-corrected chi connectivity index (χ1v) is 8.70. The van der Waals surface area contributed by atoms with Crippen molar-refractivity contribution in [3.63, 3.8) is 0 Å². The van der Waals surface area contributed by atoms with E-state index in [9.17, 15) is 5.11 Å². The van der Waals surface area contributed by atoms with Crippen molar-refractivity contribution in [1.82, 2.24) is 0 Å². The van der Waals surface area contributed by atoms with Crippen LogP contribution in [0.1, 0.15) is 53.4 Å². The van der Waals surface area contributed by atoms with Crippen LogP contribution in [0.2, 0.25) is 0 Å². The quantitative estimate of drug-likeness (QED) is 0.543. The van der Waals surface area contributed by atoms with Crippen molar-refractivity contribution in [3.8, 4) is 0 Å². The highest BCUT2D eigenvalue weighted by Gasteiger charge is 2.46. The number of ether oxygens (including phenoxy) is 1. The van der Waals surface area contributed by atoms with Gasteiger partial charge >= 0.3 is 0 Å². The molecule has 1 rings (SSSR count). The number of alkyl halides is 2. The van der Waals surface area contributed by atoms with E-state index in [1.54, 1.807) is 13.0 Å². The minimum atomic E-state index is -0.801. The summed E-state index contributed by atoms with van der Waals surface area (Å²) in [7, 11) is 0. The van der Waals surface area contributed by atoms with E-state index in [1.165, 1.54) is 0 Å². The number of hydrogen-bond donors (Lipinski definition) is 1. The molecule has 1 aliphatic heterocycles. The zero-order chi connectivity index (χ0) is 14.9. The molecule has 0 radical (unpaired) electrons. The lowest BCUT2D eigenvalue weighted by atomic mass is 9.83. The lowest BCUT2D eigenvalue weighted by Gasteiger charge is -2.48. The van der Waals surface area contributed by atoms with Crippen LogP contribution in [0.5, 0.6) is 0 Å². The number of aliphatic hydroxyl groups is 1. The SMILES string of the molecule is C=C[C@@](C)(O)CC[C@@H](Br)[C@]1(C)CC[C@@H](Br)C(C)(C)O1. The van der Waals surface area contributed by atoms with Crippen LogP contribution in [0.4, 0.5) is 0 Å². The highest BCUT2D eigenvalue weighted by Crippen LogP contribution is 2.43. The third-order valence-electron chi connectivity index (χ3n) is 4.15. The van der Waals surface area contributed by atoms with Crippen LogP contribution < -0.4 is 0 Å². The van der Waals surface area contributed by atoms with Crippen LogP contribution in [0.3, 0.4) is 0 Å². The molecule has 1 aliphatic rings. The van der Waals surface area contributed by atoms with Crippen molar-refractivity contribution in [1.29, 1.82) is 0 Å². The molecule has 1 fully saturated rings. The highest BCUT2D eigenvalue weighted by atomic mass is 79.9. The molecule has 2 nitrogen and oxygen atoms in total. The van der Waals surface area contributed by atoms with E-state index in [-0.39, 0.29) is 16.0 Å². The Morgan fingerprint density at radius 3 is 2.58 bits per heavy atom. The van der Waals surface area contributed by atoms with Gasteiger partial charge in [-0.15, -0.1) is 6.58 Å². The fourth-order valence-corrected chi connectivity index (χ4v) is 3.40. The molecule has 0 spiro atoms. The molecule has 0 aromatic carbocycles. The van der Waals surface area contributed by atoms with Crippen LogP contribution in [0, 0.1) is 0 Å². The summed E-state index contributed by atoms with van der Waals surface area (Å²) in [6.07, 6.45) is 5.26. The topological polar surface area (TPSA) is 29.5 Å².